The molecule has 0 saturated carbocycles. The number of hydrogen-bond acceptors (Lipinski definition) is 4. The number of anilines is 1. The van der Waals surface area contributed by atoms with Crippen LogP contribution in [0.15, 0.2) is 23.1 Å². The van der Waals surface area contributed by atoms with E-state index in [-0.39, 0.29) is 10.5 Å². The van der Waals surface area contributed by atoms with E-state index in [1.807, 2.05) is 11.8 Å². The van der Waals surface area contributed by atoms with Gasteiger partial charge in [0, 0.05) is 25.2 Å². The maximum atomic E-state index is 12.5. The Labute approximate surface area is 125 Å². The molecule has 0 bridgehead atoms. The van der Waals surface area contributed by atoms with E-state index in [2.05, 4.69) is 4.72 Å². The summed E-state index contributed by atoms with van der Waals surface area (Å²) >= 11 is 0. The zero-order chi connectivity index (χ0) is 15.5. The first-order valence-corrected chi connectivity index (χ1v) is 8.62. The summed E-state index contributed by atoms with van der Waals surface area (Å²) in [7, 11) is -3.65. The lowest BCUT2D eigenvalue weighted by Gasteiger charge is -2.22. The quantitative estimate of drug-likeness (QED) is 0.822. The molecule has 1 amide bonds. The highest BCUT2D eigenvalue weighted by molar-refractivity contribution is 7.89. The molecular weight excluding hydrogens is 290 g/mol. The molecular formula is C14H21N3O3S. The zero-order valence-corrected chi connectivity index (χ0v) is 12.9. The Bertz CT molecular complexity index is 622. The summed E-state index contributed by atoms with van der Waals surface area (Å²) < 4.78 is 27.5. The van der Waals surface area contributed by atoms with Crippen LogP contribution in [0.5, 0.6) is 0 Å². The van der Waals surface area contributed by atoms with Gasteiger partial charge in [0.25, 0.3) is 0 Å². The van der Waals surface area contributed by atoms with Gasteiger partial charge in [0.15, 0.2) is 0 Å². The normalized spacial score (nSPS) is 15.4. The first kappa shape index (κ1) is 15.8. The van der Waals surface area contributed by atoms with Crippen LogP contribution in [0, 0.1) is 0 Å². The van der Waals surface area contributed by atoms with Gasteiger partial charge in [-0.15, -0.1) is 0 Å². The fourth-order valence-electron chi connectivity index (χ4n) is 2.42. The lowest BCUT2D eigenvalue weighted by Crippen LogP contribution is -2.28. The fraction of sp³-hybridized carbons (Fsp3) is 0.500. The lowest BCUT2D eigenvalue weighted by molar-refractivity contribution is 0.1000. The topological polar surface area (TPSA) is 92.5 Å². The molecule has 0 spiro atoms. The second kappa shape index (κ2) is 6.44. The maximum absolute atomic E-state index is 12.5. The Morgan fingerprint density at radius 1 is 1.33 bits per heavy atom. The SMILES string of the molecule is CCCNS(=O)(=O)c1cc(C(N)=O)ccc1N1CCCC1. The third-order valence-electron chi connectivity index (χ3n) is 3.52. The molecule has 0 aliphatic carbocycles. The number of benzene rings is 1. The first-order chi connectivity index (χ1) is 9.95. The van der Waals surface area contributed by atoms with Crippen molar-refractivity contribution in [2.75, 3.05) is 24.5 Å². The Morgan fingerprint density at radius 3 is 2.57 bits per heavy atom. The largest absolute Gasteiger partial charge is 0.370 e. The minimum absolute atomic E-state index is 0.133. The third-order valence-corrected chi connectivity index (χ3v) is 5.01. The molecule has 0 aromatic heterocycles. The monoisotopic (exact) mass is 311 g/mol. The number of rotatable bonds is 6. The number of amides is 1. The van der Waals surface area contributed by atoms with Crippen molar-refractivity contribution >= 4 is 21.6 Å². The number of nitrogens with one attached hydrogen (secondary N) is 1. The molecule has 1 heterocycles. The number of nitrogens with zero attached hydrogens (tertiary/aromatic N) is 1. The van der Waals surface area contributed by atoms with Crippen LogP contribution in [0.2, 0.25) is 0 Å². The van der Waals surface area contributed by atoms with Crippen LogP contribution in [-0.2, 0) is 10.0 Å². The summed E-state index contributed by atoms with van der Waals surface area (Å²) in [4.78, 5) is 13.5. The van der Waals surface area contributed by atoms with Crippen LogP contribution in [0.1, 0.15) is 36.5 Å². The van der Waals surface area contributed by atoms with Crippen molar-refractivity contribution in [3.8, 4) is 0 Å². The van der Waals surface area contributed by atoms with Crippen molar-refractivity contribution in [1.82, 2.24) is 4.72 Å². The van der Waals surface area contributed by atoms with Gasteiger partial charge in [-0.2, -0.15) is 0 Å². The summed E-state index contributed by atoms with van der Waals surface area (Å²) in [6.07, 6.45) is 2.78. The second-order valence-electron chi connectivity index (χ2n) is 5.14. The number of primary amides is 1. The van der Waals surface area contributed by atoms with E-state index in [9.17, 15) is 13.2 Å². The lowest BCUT2D eigenvalue weighted by atomic mass is 10.2. The molecule has 1 saturated heterocycles. The van der Waals surface area contributed by atoms with Crippen molar-refractivity contribution < 1.29 is 13.2 Å². The molecule has 1 aromatic rings. The molecule has 2 rings (SSSR count). The average molecular weight is 311 g/mol. The van der Waals surface area contributed by atoms with Gasteiger partial charge < -0.3 is 10.6 Å². The van der Waals surface area contributed by atoms with Gasteiger partial charge in [-0.05, 0) is 37.5 Å². The molecule has 116 valence electrons. The summed E-state index contributed by atoms with van der Waals surface area (Å²) in [5.41, 5.74) is 6.11. The molecule has 1 aliphatic heterocycles. The standard InChI is InChI=1S/C14H21N3O3S/c1-2-7-16-21(19,20)13-10-11(14(15)18)5-6-12(13)17-8-3-4-9-17/h5-6,10,16H,2-4,7-9H2,1H3,(H2,15,18). The number of hydrogen-bond donors (Lipinski definition) is 2. The van der Waals surface area contributed by atoms with E-state index in [1.54, 1.807) is 12.1 Å². The highest BCUT2D eigenvalue weighted by atomic mass is 32.2. The van der Waals surface area contributed by atoms with Gasteiger partial charge >= 0.3 is 0 Å². The van der Waals surface area contributed by atoms with E-state index in [0.29, 0.717) is 18.7 Å². The minimum atomic E-state index is -3.65. The highest BCUT2D eigenvalue weighted by Gasteiger charge is 2.24. The Kier molecular flexibility index (Phi) is 4.84. The van der Waals surface area contributed by atoms with E-state index >= 15 is 0 Å². The predicted molar refractivity (Wildman–Crippen MR) is 81.9 cm³/mol. The maximum Gasteiger partial charge on any atom is 0.248 e. The fourth-order valence-corrected chi connectivity index (χ4v) is 3.80. The summed E-state index contributed by atoms with van der Waals surface area (Å²) in [5.74, 6) is -0.630. The van der Waals surface area contributed by atoms with E-state index in [0.717, 1.165) is 25.9 Å². The Morgan fingerprint density at radius 2 is 2.00 bits per heavy atom. The van der Waals surface area contributed by atoms with Gasteiger partial charge in [-0.3, -0.25) is 4.79 Å². The van der Waals surface area contributed by atoms with Crippen LogP contribution in [-0.4, -0.2) is 34.0 Å². The number of nitrogens with two attached hydrogens (primary N) is 1. The first-order valence-electron chi connectivity index (χ1n) is 7.14. The number of carbonyl (C=O) groups is 1. The second-order valence-corrected chi connectivity index (χ2v) is 6.87. The Balaban J connectivity index is 2.47. The van der Waals surface area contributed by atoms with Gasteiger partial charge in [0.1, 0.15) is 4.90 Å². The molecule has 0 atom stereocenters. The minimum Gasteiger partial charge on any atom is -0.370 e. The molecule has 1 aromatic carbocycles. The zero-order valence-electron chi connectivity index (χ0n) is 12.1. The molecule has 1 fully saturated rings. The number of carbonyl (C=O) groups excluding carboxylic acids is 1. The molecule has 0 radical (unpaired) electrons. The van der Waals surface area contributed by atoms with E-state index in [4.69, 9.17) is 5.73 Å². The summed E-state index contributed by atoms with van der Waals surface area (Å²) in [5, 5.41) is 0. The summed E-state index contributed by atoms with van der Waals surface area (Å²) in [6.45, 7) is 3.91. The number of sulfonamides is 1. The van der Waals surface area contributed by atoms with Crippen molar-refractivity contribution in [2.45, 2.75) is 31.1 Å². The van der Waals surface area contributed by atoms with Crippen LogP contribution >= 0.6 is 0 Å². The van der Waals surface area contributed by atoms with Gasteiger partial charge in [-0.1, -0.05) is 6.92 Å². The Hall–Kier alpha value is -1.60. The van der Waals surface area contributed by atoms with Crippen molar-refractivity contribution in [3.63, 3.8) is 0 Å². The van der Waals surface area contributed by atoms with Crippen LogP contribution in [0.25, 0.3) is 0 Å². The van der Waals surface area contributed by atoms with Gasteiger partial charge in [0.2, 0.25) is 15.9 Å². The van der Waals surface area contributed by atoms with E-state index in [1.165, 1.54) is 6.07 Å². The van der Waals surface area contributed by atoms with Gasteiger partial charge in [0.05, 0.1) is 5.69 Å². The van der Waals surface area contributed by atoms with Crippen molar-refractivity contribution in [2.24, 2.45) is 5.73 Å². The third kappa shape index (κ3) is 3.54. The van der Waals surface area contributed by atoms with Gasteiger partial charge in [-0.25, -0.2) is 13.1 Å². The highest BCUT2D eigenvalue weighted by Crippen LogP contribution is 2.29. The van der Waals surface area contributed by atoms with Crippen LogP contribution in [0.4, 0.5) is 5.69 Å². The molecule has 7 heteroatoms. The molecule has 1 aliphatic rings. The smallest absolute Gasteiger partial charge is 0.248 e. The molecule has 21 heavy (non-hydrogen) atoms. The molecule has 0 unspecified atom stereocenters. The average Bonchev–Trinajstić information content (AvgIpc) is 2.98. The summed E-state index contributed by atoms with van der Waals surface area (Å²) in [6, 6.07) is 4.62. The van der Waals surface area contributed by atoms with Crippen LogP contribution < -0.4 is 15.4 Å². The van der Waals surface area contributed by atoms with Crippen molar-refractivity contribution in [3.05, 3.63) is 23.8 Å². The van der Waals surface area contributed by atoms with E-state index < -0.39 is 15.9 Å². The van der Waals surface area contributed by atoms with Crippen molar-refractivity contribution in [1.29, 1.82) is 0 Å². The molecule has 3 N–H and O–H groups in total. The molecule has 6 nitrogen and oxygen atoms in total. The van der Waals surface area contributed by atoms with Crippen LogP contribution in [0.3, 0.4) is 0 Å². The predicted octanol–water partition coefficient (Wildman–Crippen LogP) is 1.07.